The molecule has 2 aromatic heterocycles. The lowest BCUT2D eigenvalue weighted by Gasteiger charge is -2.41. The number of hydrogen-bond acceptors (Lipinski definition) is 6. The molecule has 0 radical (unpaired) electrons. The van der Waals surface area contributed by atoms with Crippen LogP contribution in [0.3, 0.4) is 0 Å². The van der Waals surface area contributed by atoms with E-state index in [1.54, 1.807) is 13.4 Å². The van der Waals surface area contributed by atoms with E-state index in [0.29, 0.717) is 17.7 Å². The van der Waals surface area contributed by atoms with E-state index in [9.17, 15) is 4.79 Å². The molecule has 0 bridgehead atoms. The molecule has 8 nitrogen and oxygen atoms in total. The van der Waals surface area contributed by atoms with Crippen LogP contribution in [0.4, 0.5) is 5.82 Å². The van der Waals surface area contributed by atoms with Gasteiger partial charge in [-0.1, -0.05) is 26.2 Å². The van der Waals surface area contributed by atoms with Gasteiger partial charge in [0.05, 0.1) is 0 Å². The van der Waals surface area contributed by atoms with E-state index < -0.39 is 0 Å². The van der Waals surface area contributed by atoms with Crippen molar-refractivity contribution in [3.63, 3.8) is 0 Å². The minimum Gasteiger partial charge on any atom is -0.375 e. The van der Waals surface area contributed by atoms with Crippen molar-refractivity contribution in [1.82, 2.24) is 24.5 Å². The molecule has 2 fully saturated rings. The second-order valence-corrected chi connectivity index (χ2v) is 8.59. The van der Waals surface area contributed by atoms with Crippen molar-refractivity contribution in [3.8, 4) is 0 Å². The van der Waals surface area contributed by atoms with Crippen LogP contribution in [0, 0.1) is 5.92 Å². The van der Waals surface area contributed by atoms with Gasteiger partial charge in [-0.15, -0.1) is 0 Å². The van der Waals surface area contributed by atoms with Crippen LogP contribution >= 0.6 is 0 Å². The number of nitrogens with zero attached hydrogens (tertiary/aromatic N) is 6. The molecule has 0 spiro atoms. The zero-order valence-corrected chi connectivity index (χ0v) is 18.3. The zero-order chi connectivity index (χ0) is 20.9. The van der Waals surface area contributed by atoms with E-state index in [4.69, 9.17) is 4.74 Å². The lowest BCUT2D eigenvalue weighted by atomic mass is 9.86. The van der Waals surface area contributed by atoms with E-state index in [-0.39, 0.29) is 12.5 Å². The standard InChI is InChI=1S/C22H34N6O2/c1-3-7-18-14-20(28-22(25-18)23-16-24-28)26-12-9-17(10-13-26)19-8-5-4-6-11-27(19)21(29)15-30-2/h14,16-17,19H,3-13,15H2,1-2H3. The minimum absolute atomic E-state index is 0.148. The average molecular weight is 415 g/mol. The summed E-state index contributed by atoms with van der Waals surface area (Å²) in [5.41, 5.74) is 1.08. The maximum absolute atomic E-state index is 12.7. The number of likely N-dealkylation sites (tertiary alicyclic amines) is 1. The van der Waals surface area contributed by atoms with Crippen LogP contribution in [0.2, 0.25) is 0 Å². The number of fused-ring (bicyclic) bond motifs is 1. The molecule has 1 amide bonds. The SMILES string of the molecule is CCCc1cc(N2CCC(C3CCCCCN3C(=O)COC)CC2)n2ncnc2n1. The lowest BCUT2D eigenvalue weighted by Crippen LogP contribution is -2.49. The van der Waals surface area contributed by atoms with Gasteiger partial charge in [0.2, 0.25) is 5.91 Å². The number of piperidine rings is 1. The van der Waals surface area contributed by atoms with Crippen LogP contribution in [0.15, 0.2) is 12.4 Å². The van der Waals surface area contributed by atoms with Gasteiger partial charge in [0.15, 0.2) is 0 Å². The molecule has 2 saturated heterocycles. The lowest BCUT2D eigenvalue weighted by molar-refractivity contribution is -0.138. The summed E-state index contributed by atoms with van der Waals surface area (Å²) < 4.78 is 7.01. The largest absolute Gasteiger partial charge is 0.375 e. The van der Waals surface area contributed by atoms with Gasteiger partial charge >= 0.3 is 0 Å². The van der Waals surface area contributed by atoms with Gasteiger partial charge in [-0.2, -0.15) is 14.6 Å². The Morgan fingerprint density at radius 2 is 2.00 bits per heavy atom. The third kappa shape index (κ3) is 4.43. The first kappa shape index (κ1) is 21.0. The number of aromatic nitrogens is 4. The maximum Gasteiger partial charge on any atom is 0.254 e. The number of aryl methyl sites for hydroxylation is 1. The topological polar surface area (TPSA) is 75.9 Å². The van der Waals surface area contributed by atoms with Crippen LogP contribution in [-0.2, 0) is 16.0 Å². The Morgan fingerprint density at radius 3 is 2.77 bits per heavy atom. The highest BCUT2D eigenvalue weighted by atomic mass is 16.5. The fraction of sp³-hybridized carbons (Fsp3) is 0.727. The molecule has 8 heteroatoms. The van der Waals surface area contributed by atoms with Crippen molar-refractivity contribution < 1.29 is 9.53 Å². The summed E-state index contributed by atoms with van der Waals surface area (Å²) in [5.74, 6) is 2.46. The summed E-state index contributed by atoms with van der Waals surface area (Å²) in [6, 6.07) is 2.52. The van der Waals surface area contributed by atoms with Crippen molar-refractivity contribution in [2.45, 2.75) is 64.3 Å². The molecule has 1 atom stereocenters. The number of rotatable bonds is 6. The number of anilines is 1. The first-order valence-electron chi connectivity index (χ1n) is 11.4. The smallest absolute Gasteiger partial charge is 0.254 e. The normalized spacial score (nSPS) is 21.2. The Bertz CT molecular complexity index is 845. The van der Waals surface area contributed by atoms with Crippen LogP contribution in [0.25, 0.3) is 5.78 Å². The first-order valence-corrected chi connectivity index (χ1v) is 11.4. The number of carbonyl (C=O) groups excluding carboxylic acids is 1. The van der Waals surface area contributed by atoms with Gasteiger partial charge in [0, 0.05) is 44.5 Å². The fourth-order valence-electron chi connectivity index (χ4n) is 5.11. The van der Waals surface area contributed by atoms with Crippen LogP contribution < -0.4 is 4.90 Å². The van der Waals surface area contributed by atoms with E-state index in [2.05, 4.69) is 37.9 Å². The zero-order valence-electron chi connectivity index (χ0n) is 18.3. The van der Waals surface area contributed by atoms with E-state index in [0.717, 1.165) is 69.7 Å². The molecular formula is C22H34N6O2. The molecule has 4 heterocycles. The average Bonchev–Trinajstić information content (AvgIpc) is 3.09. The van der Waals surface area contributed by atoms with Crippen molar-refractivity contribution in [1.29, 1.82) is 0 Å². The summed E-state index contributed by atoms with van der Waals surface area (Å²) in [4.78, 5) is 26.2. The van der Waals surface area contributed by atoms with Gasteiger partial charge in [-0.3, -0.25) is 4.79 Å². The molecule has 0 aromatic carbocycles. The Morgan fingerprint density at radius 1 is 1.17 bits per heavy atom. The monoisotopic (exact) mass is 414 g/mol. The van der Waals surface area contributed by atoms with E-state index in [1.807, 2.05) is 4.52 Å². The number of methoxy groups -OCH3 is 1. The molecule has 0 aliphatic carbocycles. The van der Waals surface area contributed by atoms with Gasteiger partial charge in [0.1, 0.15) is 18.8 Å². The first-order chi connectivity index (χ1) is 14.7. The van der Waals surface area contributed by atoms with E-state index >= 15 is 0 Å². The molecule has 0 saturated carbocycles. The van der Waals surface area contributed by atoms with Crippen LogP contribution in [0.5, 0.6) is 0 Å². The summed E-state index contributed by atoms with van der Waals surface area (Å²) in [7, 11) is 1.61. The number of hydrogen-bond donors (Lipinski definition) is 0. The number of amides is 1. The quantitative estimate of drug-likeness (QED) is 0.723. The van der Waals surface area contributed by atoms with Gasteiger partial charge in [-0.25, -0.2) is 4.98 Å². The van der Waals surface area contributed by atoms with Gasteiger partial charge in [0.25, 0.3) is 5.78 Å². The minimum atomic E-state index is 0.148. The molecule has 30 heavy (non-hydrogen) atoms. The second kappa shape index (κ2) is 9.73. The molecule has 2 aliphatic rings. The molecule has 2 aliphatic heterocycles. The van der Waals surface area contributed by atoms with Crippen molar-refractivity contribution in [2.24, 2.45) is 5.92 Å². The molecule has 0 N–H and O–H groups in total. The Hall–Kier alpha value is -2.22. The summed E-state index contributed by atoms with van der Waals surface area (Å²) in [6.07, 6.45) is 10.4. The molecule has 1 unspecified atom stereocenters. The third-order valence-corrected chi connectivity index (χ3v) is 6.59. The van der Waals surface area contributed by atoms with Crippen molar-refractivity contribution in [2.75, 3.05) is 38.3 Å². The predicted molar refractivity (Wildman–Crippen MR) is 116 cm³/mol. The number of carbonyl (C=O) groups is 1. The Kier molecular flexibility index (Phi) is 6.82. The summed E-state index contributed by atoms with van der Waals surface area (Å²) in [5, 5.41) is 4.41. The highest BCUT2D eigenvalue weighted by Crippen LogP contribution is 2.32. The number of ether oxygens (including phenoxy) is 1. The Balaban J connectivity index is 1.48. The molecule has 2 aromatic rings. The highest BCUT2D eigenvalue weighted by Gasteiger charge is 2.34. The van der Waals surface area contributed by atoms with Gasteiger partial charge in [-0.05, 0) is 38.0 Å². The fourth-order valence-corrected chi connectivity index (χ4v) is 5.11. The van der Waals surface area contributed by atoms with E-state index in [1.165, 1.54) is 12.8 Å². The second-order valence-electron chi connectivity index (χ2n) is 8.59. The Labute approximate surface area is 178 Å². The predicted octanol–water partition coefficient (Wildman–Crippen LogP) is 2.71. The molecular weight excluding hydrogens is 380 g/mol. The highest BCUT2D eigenvalue weighted by molar-refractivity contribution is 5.77. The van der Waals surface area contributed by atoms with Crippen LogP contribution in [0.1, 0.15) is 57.6 Å². The van der Waals surface area contributed by atoms with Gasteiger partial charge < -0.3 is 14.5 Å². The summed E-state index contributed by atoms with van der Waals surface area (Å²) in [6.45, 7) is 5.18. The molecule has 4 rings (SSSR count). The summed E-state index contributed by atoms with van der Waals surface area (Å²) >= 11 is 0. The van der Waals surface area contributed by atoms with Crippen molar-refractivity contribution in [3.05, 3.63) is 18.1 Å². The van der Waals surface area contributed by atoms with Crippen molar-refractivity contribution >= 4 is 17.5 Å². The maximum atomic E-state index is 12.7. The third-order valence-electron chi connectivity index (χ3n) is 6.59. The van der Waals surface area contributed by atoms with Crippen LogP contribution in [-0.4, -0.2) is 69.8 Å². The molecule has 164 valence electrons.